The number of thioether (sulfide) groups is 1. The van der Waals surface area contributed by atoms with Crippen LogP contribution in [0.1, 0.15) is 25.8 Å². The lowest BCUT2D eigenvalue weighted by atomic mass is 10.1. The van der Waals surface area contributed by atoms with Crippen molar-refractivity contribution in [1.29, 1.82) is 0 Å². The lowest BCUT2D eigenvalue weighted by molar-refractivity contribution is -0.131. The summed E-state index contributed by atoms with van der Waals surface area (Å²) in [6.07, 6.45) is 2.35. The lowest BCUT2D eigenvalue weighted by Gasteiger charge is -2.29. The minimum atomic E-state index is -3.06. The SMILES string of the molecule is CCN(C(=O)C(C)Sc1ncc(-c2ccccc2)n1-c1ccc(C)cc1)C1CCS(=O)(=O)C1. The number of aryl methyl sites for hydroxylation is 1. The molecule has 4 rings (SSSR count). The monoisotopic (exact) mass is 483 g/mol. The molecule has 0 aliphatic carbocycles. The minimum Gasteiger partial charge on any atom is -0.338 e. The Bertz CT molecular complexity index is 1220. The molecule has 2 atom stereocenters. The van der Waals surface area contributed by atoms with E-state index in [1.165, 1.54) is 17.3 Å². The fourth-order valence-electron chi connectivity index (χ4n) is 4.23. The van der Waals surface area contributed by atoms with Gasteiger partial charge < -0.3 is 4.90 Å². The van der Waals surface area contributed by atoms with Gasteiger partial charge in [0, 0.05) is 23.8 Å². The van der Waals surface area contributed by atoms with Crippen LogP contribution < -0.4 is 0 Å². The molecule has 3 aromatic rings. The van der Waals surface area contributed by atoms with Crippen molar-refractivity contribution in [2.24, 2.45) is 0 Å². The summed E-state index contributed by atoms with van der Waals surface area (Å²) >= 11 is 1.41. The number of aromatic nitrogens is 2. The van der Waals surface area contributed by atoms with Crippen LogP contribution in [0, 0.1) is 6.92 Å². The molecule has 33 heavy (non-hydrogen) atoms. The summed E-state index contributed by atoms with van der Waals surface area (Å²) in [6, 6.07) is 18.1. The van der Waals surface area contributed by atoms with Crippen LogP contribution in [0.4, 0.5) is 0 Å². The van der Waals surface area contributed by atoms with Gasteiger partial charge in [0.15, 0.2) is 15.0 Å². The Kier molecular flexibility index (Phi) is 6.95. The molecule has 2 aromatic carbocycles. The summed E-state index contributed by atoms with van der Waals surface area (Å²) in [6.45, 7) is 6.32. The number of amides is 1. The first-order valence-electron chi connectivity index (χ1n) is 11.2. The number of hydrogen-bond acceptors (Lipinski definition) is 5. The molecule has 174 valence electrons. The molecule has 1 aromatic heterocycles. The van der Waals surface area contributed by atoms with Gasteiger partial charge in [0.2, 0.25) is 5.91 Å². The Labute approximate surface area is 199 Å². The zero-order chi connectivity index (χ0) is 23.6. The van der Waals surface area contributed by atoms with E-state index in [9.17, 15) is 13.2 Å². The third-order valence-electron chi connectivity index (χ3n) is 5.99. The molecule has 0 spiro atoms. The van der Waals surface area contributed by atoms with Crippen molar-refractivity contribution in [3.8, 4) is 16.9 Å². The summed E-state index contributed by atoms with van der Waals surface area (Å²) in [5, 5.41) is 0.331. The van der Waals surface area contributed by atoms with Gasteiger partial charge in [0.05, 0.1) is 28.6 Å². The van der Waals surface area contributed by atoms with Crippen molar-refractivity contribution in [3.63, 3.8) is 0 Å². The van der Waals surface area contributed by atoms with E-state index < -0.39 is 15.1 Å². The molecule has 0 saturated carbocycles. The van der Waals surface area contributed by atoms with Gasteiger partial charge in [0.1, 0.15) is 0 Å². The van der Waals surface area contributed by atoms with Gasteiger partial charge in [-0.1, -0.05) is 59.8 Å². The number of hydrogen-bond donors (Lipinski definition) is 0. The predicted molar refractivity (Wildman–Crippen MR) is 134 cm³/mol. The topological polar surface area (TPSA) is 72.3 Å². The molecule has 0 N–H and O–H groups in total. The number of carbonyl (C=O) groups excluding carboxylic acids is 1. The Morgan fingerprint density at radius 1 is 1.18 bits per heavy atom. The van der Waals surface area contributed by atoms with E-state index in [0.29, 0.717) is 13.0 Å². The zero-order valence-corrected chi connectivity index (χ0v) is 20.8. The predicted octanol–water partition coefficient (Wildman–Crippen LogP) is 4.36. The van der Waals surface area contributed by atoms with Crippen LogP contribution in [0.3, 0.4) is 0 Å². The van der Waals surface area contributed by atoms with Gasteiger partial charge in [-0.25, -0.2) is 13.4 Å². The molecule has 1 saturated heterocycles. The summed E-state index contributed by atoms with van der Waals surface area (Å²) in [4.78, 5) is 19.7. The van der Waals surface area contributed by atoms with Gasteiger partial charge >= 0.3 is 0 Å². The first-order valence-corrected chi connectivity index (χ1v) is 13.9. The van der Waals surface area contributed by atoms with E-state index >= 15 is 0 Å². The first-order chi connectivity index (χ1) is 15.8. The summed E-state index contributed by atoms with van der Waals surface area (Å²) in [5.74, 6) is 0.158. The van der Waals surface area contributed by atoms with Crippen LogP contribution in [-0.4, -0.2) is 58.1 Å². The van der Waals surface area contributed by atoms with E-state index in [2.05, 4.69) is 40.7 Å². The van der Waals surface area contributed by atoms with Crippen molar-refractivity contribution in [1.82, 2.24) is 14.5 Å². The Hall–Kier alpha value is -2.58. The Balaban J connectivity index is 1.64. The van der Waals surface area contributed by atoms with Crippen molar-refractivity contribution >= 4 is 27.5 Å². The van der Waals surface area contributed by atoms with Crippen LogP contribution in [-0.2, 0) is 14.6 Å². The maximum atomic E-state index is 13.3. The number of benzene rings is 2. The van der Waals surface area contributed by atoms with Gasteiger partial charge in [-0.3, -0.25) is 9.36 Å². The van der Waals surface area contributed by atoms with Crippen LogP contribution in [0.15, 0.2) is 66.0 Å². The van der Waals surface area contributed by atoms with Crippen molar-refractivity contribution in [2.75, 3.05) is 18.1 Å². The number of imidazole rings is 1. The van der Waals surface area contributed by atoms with E-state index in [4.69, 9.17) is 0 Å². The second-order valence-electron chi connectivity index (χ2n) is 8.40. The fraction of sp³-hybridized carbons (Fsp3) is 0.360. The highest BCUT2D eigenvalue weighted by molar-refractivity contribution is 8.00. The molecule has 1 amide bonds. The molecule has 6 nitrogen and oxygen atoms in total. The number of rotatable bonds is 7. The molecular formula is C25H29N3O3S2. The maximum Gasteiger partial charge on any atom is 0.236 e. The number of sulfone groups is 1. The van der Waals surface area contributed by atoms with Gasteiger partial charge in [-0.05, 0) is 39.3 Å². The maximum absolute atomic E-state index is 13.3. The second-order valence-corrected chi connectivity index (χ2v) is 11.9. The van der Waals surface area contributed by atoms with E-state index in [-0.39, 0.29) is 23.5 Å². The van der Waals surface area contributed by atoms with Crippen molar-refractivity contribution < 1.29 is 13.2 Å². The molecule has 0 radical (unpaired) electrons. The van der Waals surface area contributed by atoms with E-state index in [0.717, 1.165) is 22.1 Å². The first kappa shape index (κ1) is 23.6. The average molecular weight is 484 g/mol. The van der Waals surface area contributed by atoms with Crippen molar-refractivity contribution in [2.45, 2.75) is 43.6 Å². The molecule has 2 heterocycles. The summed E-state index contributed by atoms with van der Waals surface area (Å²) in [5.41, 5.74) is 4.15. The molecule has 1 aliphatic heterocycles. The third kappa shape index (κ3) is 5.17. The molecule has 0 bridgehead atoms. The summed E-state index contributed by atoms with van der Waals surface area (Å²) < 4.78 is 26.0. The highest BCUT2D eigenvalue weighted by Gasteiger charge is 2.35. The highest BCUT2D eigenvalue weighted by Crippen LogP contribution is 2.33. The normalized spacial score (nSPS) is 18.2. The highest BCUT2D eigenvalue weighted by atomic mass is 32.2. The van der Waals surface area contributed by atoms with E-state index in [1.807, 2.05) is 50.4 Å². The average Bonchev–Trinajstić information content (AvgIpc) is 3.38. The largest absolute Gasteiger partial charge is 0.338 e. The third-order valence-corrected chi connectivity index (χ3v) is 8.80. The van der Waals surface area contributed by atoms with Crippen LogP contribution in [0.2, 0.25) is 0 Å². The smallest absolute Gasteiger partial charge is 0.236 e. The van der Waals surface area contributed by atoms with Gasteiger partial charge in [0.25, 0.3) is 0 Å². The van der Waals surface area contributed by atoms with Crippen LogP contribution in [0.5, 0.6) is 0 Å². The fourth-order valence-corrected chi connectivity index (χ4v) is 6.94. The quantitative estimate of drug-likeness (QED) is 0.467. The minimum absolute atomic E-state index is 0.0516. The van der Waals surface area contributed by atoms with Gasteiger partial charge in [-0.15, -0.1) is 0 Å². The molecule has 1 fully saturated rings. The van der Waals surface area contributed by atoms with E-state index in [1.54, 1.807) is 4.90 Å². The molecule has 2 unspecified atom stereocenters. The number of nitrogens with zero attached hydrogens (tertiary/aromatic N) is 3. The Morgan fingerprint density at radius 3 is 2.48 bits per heavy atom. The Morgan fingerprint density at radius 2 is 1.88 bits per heavy atom. The van der Waals surface area contributed by atoms with Crippen LogP contribution in [0.25, 0.3) is 16.9 Å². The number of carbonyl (C=O) groups is 1. The van der Waals surface area contributed by atoms with Crippen molar-refractivity contribution in [3.05, 3.63) is 66.4 Å². The summed E-state index contributed by atoms with van der Waals surface area (Å²) in [7, 11) is -3.06. The standard InChI is InChI=1S/C25H29N3O3S2/c1-4-27(22-14-15-33(30,31)17-22)24(29)19(3)32-25-26-16-23(20-8-6-5-7-9-20)28(25)21-12-10-18(2)11-13-21/h5-13,16,19,22H,4,14-15,17H2,1-3H3. The second kappa shape index (κ2) is 9.73. The lowest BCUT2D eigenvalue weighted by Crippen LogP contribution is -2.44. The molecular weight excluding hydrogens is 454 g/mol. The molecule has 1 aliphatic rings. The van der Waals surface area contributed by atoms with Gasteiger partial charge in [-0.2, -0.15) is 0 Å². The zero-order valence-electron chi connectivity index (χ0n) is 19.1. The van der Waals surface area contributed by atoms with Crippen LogP contribution >= 0.6 is 11.8 Å². The molecule has 8 heteroatoms.